The van der Waals surface area contributed by atoms with Crippen molar-refractivity contribution in [2.75, 3.05) is 24.6 Å². The number of nitrogens with zero attached hydrogens (tertiary/aromatic N) is 1. The number of hydrogen-bond acceptors (Lipinski definition) is 4. The van der Waals surface area contributed by atoms with Crippen molar-refractivity contribution in [3.63, 3.8) is 0 Å². The lowest BCUT2D eigenvalue weighted by molar-refractivity contribution is -0.138. The molecule has 1 N–H and O–H groups in total. The van der Waals surface area contributed by atoms with Crippen molar-refractivity contribution in [3.05, 3.63) is 12.2 Å². The van der Waals surface area contributed by atoms with E-state index in [4.69, 9.17) is 5.11 Å². The molecule has 17 heavy (non-hydrogen) atoms. The second kappa shape index (κ2) is 5.64. The molecule has 1 fully saturated rings. The Hall–Kier alpha value is -0.880. The van der Waals surface area contributed by atoms with Crippen LogP contribution in [-0.4, -0.2) is 55.0 Å². The van der Waals surface area contributed by atoms with Crippen molar-refractivity contribution in [1.29, 1.82) is 0 Å². The van der Waals surface area contributed by atoms with Crippen molar-refractivity contribution in [3.8, 4) is 0 Å². The van der Waals surface area contributed by atoms with Crippen LogP contribution >= 0.6 is 0 Å². The van der Waals surface area contributed by atoms with Crippen LogP contribution in [0.15, 0.2) is 12.2 Å². The zero-order valence-electron chi connectivity index (χ0n) is 10.1. The van der Waals surface area contributed by atoms with Crippen molar-refractivity contribution in [2.24, 2.45) is 0 Å². The van der Waals surface area contributed by atoms with E-state index in [1.54, 1.807) is 0 Å². The second-order valence-corrected chi connectivity index (χ2v) is 6.67. The Balaban J connectivity index is 2.73. The van der Waals surface area contributed by atoms with Gasteiger partial charge >= 0.3 is 5.97 Å². The van der Waals surface area contributed by atoms with E-state index in [9.17, 15) is 13.2 Å². The van der Waals surface area contributed by atoms with Crippen LogP contribution in [0, 0.1) is 0 Å². The Kier molecular flexibility index (Phi) is 4.70. The van der Waals surface area contributed by atoms with Gasteiger partial charge in [0.1, 0.15) is 0 Å². The van der Waals surface area contributed by atoms with E-state index in [-0.39, 0.29) is 17.9 Å². The van der Waals surface area contributed by atoms with Crippen molar-refractivity contribution < 1.29 is 18.3 Å². The van der Waals surface area contributed by atoms with Crippen LogP contribution in [-0.2, 0) is 14.6 Å². The highest BCUT2D eigenvalue weighted by Crippen LogP contribution is 2.17. The normalized spacial score (nSPS) is 24.4. The molecular weight excluding hydrogens is 242 g/mol. The Labute approximate surface area is 102 Å². The minimum Gasteiger partial charge on any atom is -0.481 e. The third kappa shape index (κ3) is 4.47. The van der Waals surface area contributed by atoms with Gasteiger partial charge in [-0.2, -0.15) is 0 Å². The largest absolute Gasteiger partial charge is 0.481 e. The quantitative estimate of drug-likeness (QED) is 0.731. The van der Waals surface area contributed by atoms with Gasteiger partial charge in [0.2, 0.25) is 0 Å². The first kappa shape index (κ1) is 14.2. The molecule has 0 aromatic carbocycles. The summed E-state index contributed by atoms with van der Waals surface area (Å²) in [6.45, 7) is 6.85. The molecule has 1 heterocycles. The van der Waals surface area contributed by atoms with Gasteiger partial charge in [-0.15, -0.1) is 0 Å². The molecule has 5 nitrogen and oxygen atoms in total. The molecule has 6 heteroatoms. The fourth-order valence-electron chi connectivity index (χ4n) is 1.92. The summed E-state index contributed by atoms with van der Waals surface area (Å²) in [5.41, 5.74) is 1.000. The molecule has 0 aromatic rings. The number of carbonyl (C=O) groups is 1. The topological polar surface area (TPSA) is 74.7 Å². The fraction of sp³-hybridized carbons (Fsp3) is 0.727. The van der Waals surface area contributed by atoms with Gasteiger partial charge in [-0.05, 0) is 6.42 Å². The van der Waals surface area contributed by atoms with Crippen LogP contribution in [0.1, 0.15) is 19.8 Å². The number of carboxylic acid groups (broad SMARTS) is 1. The maximum atomic E-state index is 11.5. The predicted molar refractivity (Wildman–Crippen MR) is 65.7 cm³/mol. The van der Waals surface area contributed by atoms with E-state index in [1.807, 2.05) is 11.8 Å². The van der Waals surface area contributed by atoms with E-state index >= 15 is 0 Å². The molecule has 0 amide bonds. The minimum absolute atomic E-state index is 0.0592. The van der Waals surface area contributed by atoms with Crippen molar-refractivity contribution in [2.45, 2.75) is 25.8 Å². The standard InChI is InChI=1S/C11H19NO4S/c1-3-9(2)7-12-4-5-17(15,16)8-10(12)6-11(13)14/h10H,2-8H2,1H3,(H,13,14). The Morgan fingerprint density at radius 1 is 1.53 bits per heavy atom. The van der Waals surface area contributed by atoms with Gasteiger partial charge in [-0.3, -0.25) is 9.69 Å². The highest BCUT2D eigenvalue weighted by Gasteiger charge is 2.32. The summed E-state index contributed by atoms with van der Waals surface area (Å²) in [4.78, 5) is 12.7. The number of sulfone groups is 1. The van der Waals surface area contributed by atoms with Crippen molar-refractivity contribution >= 4 is 15.8 Å². The zero-order chi connectivity index (χ0) is 13.1. The molecule has 0 aromatic heterocycles. The first-order chi connectivity index (χ1) is 7.84. The third-order valence-electron chi connectivity index (χ3n) is 2.99. The Morgan fingerprint density at radius 2 is 2.18 bits per heavy atom. The average molecular weight is 261 g/mol. The van der Waals surface area contributed by atoms with E-state index < -0.39 is 21.8 Å². The molecule has 0 saturated carbocycles. The maximum absolute atomic E-state index is 11.5. The molecule has 0 aliphatic carbocycles. The summed E-state index contributed by atoms with van der Waals surface area (Å²) in [5, 5.41) is 8.80. The fourth-order valence-corrected chi connectivity index (χ4v) is 3.51. The highest BCUT2D eigenvalue weighted by molar-refractivity contribution is 7.91. The molecule has 1 aliphatic rings. The summed E-state index contributed by atoms with van der Waals surface area (Å²) in [6.07, 6.45) is 0.694. The van der Waals surface area contributed by atoms with Crippen molar-refractivity contribution in [1.82, 2.24) is 4.90 Å². The van der Waals surface area contributed by atoms with E-state index in [2.05, 4.69) is 6.58 Å². The first-order valence-electron chi connectivity index (χ1n) is 5.67. The summed E-state index contributed by atoms with van der Waals surface area (Å²) >= 11 is 0. The van der Waals surface area contributed by atoms with Gasteiger partial charge in [0.15, 0.2) is 9.84 Å². The molecule has 1 unspecified atom stereocenters. The van der Waals surface area contributed by atoms with Crippen LogP contribution in [0.25, 0.3) is 0 Å². The average Bonchev–Trinajstić information content (AvgIpc) is 2.20. The molecule has 1 atom stereocenters. The van der Waals surface area contributed by atoms with Gasteiger partial charge < -0.3 is 5.11 Å². The summed E-state index contributed by atoms with van der Waals surface area (Å²) in [6, 6.07) is -0.422. The second-order valence-electron chi connectivity index (χ2n) is 4.44. The molecule has 0 spiro atoms. The van der Waals surface area contributed by atoms with Gasteiger partial charge in [0.05, 0.1) is 17.9 Å². The van der Waals surface area contributed by atoms with E-state index in [0.29, 0.717) is 13.1 Å². The molecule has 1 aliphatic heterocycles. The summed E-state index contributed by atoms with van der Waals surface area (Å²) < 4.78 is 23.0. The van der Waals surface area contributed by atoms with Crippen LogP contribution in [0.2, 0.25) is 0 Å². The third-order valence-corrected chi connectivity index (χ3v) is 4.69. The summed E-state index contributed by atoms with van der Waals surface area (Å²) in [7, 11) is -3.09. The smallest absolute Gasteiger partial charge is 0.304 e. The van der Waals surface area contributed by atoms with Crippen LogP contribution in [0.4, 0.5) is 0 Å². The predicted octanol–water partition coefficient (Wildman–Crippen LogP) is 0.526. The summed E-state index contributed by atoms with van der Waals surface area (Å²) in [5.74, 6) is -0.907. The highest BCUT2D eigenvalue weighted by atomic mass is 32.2. The van der Waals surface area contributed by atoms with Crippen LogP contribution in [0.3, 0.4) is 0 Å². The Morgan fingerprint density at radius 3 is 2.71 bits per heavy atom. The maximum Gasteiger partial charge on any atom is 0.304 e. The lowest BCUT2D eigenvalue weighted by Crippen LogP contribution is -2.49. The van der Waals surface area contributed by atoms with E-state index in [0.717, 1.165) is 12.0 Å². The molecule has 1 rings (SSSR count). The van der Waals surface area contributed by atoms with Gasteiger partial charge in [0, 0.05) is 19.1 Å². The number of aliphatic carboxylic acids is 1. The monoisotopic (exact) mass is 261 g/mol. The van der Waals surface area contributed by atoms with E-state index in [1.165, 1.54) is 0 Å². The van der Waals surface area contributed by atoms with Gasteiger partial charge in [0.25, 0.3) is 0 Å². The van der Waals surface area contributed by atoms with Crippen LogP contribution in [0.5, 0.6) is 0 Å². The van der Waals surface area contributed by atoms with Gasteiger partial charge in [-0.25, -0.2) is 8.42 Å². The van der Waals surface area contributed by atoms with Gasteiger partial charge in [-0.1, -0.05) is 19.1 Å². The minimum atomic E-state index is -3.09. The molecule has 98 valence electrons. The molecule has 1 saturated heterocycles. The van der Waals surface area contributed by atoms with Crippen LogP contribution < -0.4 is 0 Å². The lowest BCUT2D eigenvalue weighted by atomic mass is 10.1. The molecule has 0 radical (unpaired) electrons. The lowest BCUT2D eigenvalue weighted by Gasteiger charge is -2.34. The molecule has 0 bridgehead atoms. The zero-order valence-corrected chi connectivity index (χ0v) is 10.9. The first-order valence-corrected chi connectivity index (χ1v) is 7.49. The Bertz CT molecular complexity index is 402. The number of hydrogen-bond donors (Lipinski definition) is 1. The number of rotatable bonds is 5. The SMILES string of the molecule is C=C(CC)CN1CCS(=O)(=O)CC1CC(=O)O. The number of carboxylic acids is 1. The molecular formula is C11H19NO4S.